The Balaban J connectivity index is 2.87. The highest BCUT2D eigenvalue weighted by molar-refractivity contribution is 5.20. The summed E-state index contributed by atoms with van der Waals surface area (Å²) in [6.45, 7) is 10.3. The maximum absolute atomic E-state index is 3.54. The molecular formula is C11H21N. The van der Waals surface area contributed by atoms with E-state index in [0.29, 0.717) is 5.41 Å². The first kappa shape index (κ1) is 9.63. The Bertz CT molecular complexity index is 184. The second kappa shape index (κ2) is 3.51. The van der Waals surface area contributed by atoms with E-state index in [4.69, 9.17) is 0 Å². The molecule has 0 amide bonds. The van der Waals surface area contributed by atoms with Crippen molar-refractivity contribution in [3.8, 4) is 0 Å². The molecular weight excluding hydrogens is 146 g/mol. The van der Waals surface area contributed by atoms with Crippen molar-refractivity contribution >= 4 is 0 Å². The second-order valence-electron chi connectivity index (χ2n) is 4.61. The summed E-state index contributed by atoms with van der Waals surface area (Å²) in [5.41, 5.74) is 3.44. The maximum atomic E-state index is 3.54. The average molecular weight is 167 g/mol. The third-order valence-electron chi connectivity index (χ3n) is 2.49. The lowest BCUT2D eigenvalue weighted by atomic mass is 9.85. The lowest BCUT2D eigenvalue weighted by Gasteiger charge is -2.31. The van der Waals surface area contributed by atoms with Gasteiger partial charge in [0.2, 0.25) is 0 Å². The van der Waals surface area contributed by atoms with Crippen LogP contribution in [0.4, 0.5) is 0 Å². The lowest BCUT2D eigenvalue weighted by molar-refractivity contribution is 0.430. The van der Waals surface area contributed by atoms with Crippen molar-refractivity contribution in [3.63, 3.8) is 0 Å². The number of nitrogens with one attached hydrogen (secondary N) is 1. The summed E-state index contributed by atoms with van der Waals surface area (Å²) in [5.74, 6) is 0. The van der Waals surface area contributed by atoms with E-state index in [9.17, 15) is 0 Å². The standard InChI is InChI=1S/C11H21N/c1-5-9-7-6-8-12-10(9)11(2,3)4/h12H,5-8H2,1-4H3. The monoisotopic (exact) mass is 167 g/mol. The summed E-state index contributed by atoms with van der Waals surface area (Å²) >= 11 is 0. The minimum Gasteiger partial charge on any atom is -0.388 e. The minimum absolute atomic E-state index is 0.311. The Hall–Kier alpha value is -0.460. The van der Waals surface area contributed by atoms with Gasteiger partial charge in [-0.2, -0.15) is 0 Å². The van der Waals surface area contributed by atoms with Gasteiger partial charge in [0.05, 0.1) is 0 Å². The van der Waals surface area contributed by atoms with Gasteiger partial charge in [0.25, 0.3) is 0 Å². The molecule has 1 nitrogen and oxygen atoms in total. The van der Waals surface area contributed by atoms with Crippen molar-refractivity contribution in [1.29, 1.82) is 0 Å². The fraction of sp³-hybridized carbons (Fsp3) is 0.818. The predicted molar refractivity (Wildman–Crippen MR) is 54.0 cm³/mol. The summed E-state index contributed by atoms with van der Waals surface area (Å²) < 4.78 is 0. The summed E-state index contributed by atoms with van der Waals surface area (Å²) in [6.07, 6.45) is 3.82. The van der Waals surface area contributed by atoms with E-state index in [2.05, 4.69) is 33.0 Å². The molecule has 0 bridgehead atoms. The van der Waals surface area contributed by atoms with E-state index in [1.54, 1.807) is 5.57 Å². The van der Waals surface area contributed by atoms with Gasteiger partial charge in [-0.05, 0) is 19.3 Å². The zero-order valence-electron chi connectivity index (χ0n) is 8.83. The van der Waals surface area contributed by atoms with Gasteiger partial charge in [0.15, 0.2) is 0 Å². The van der Waals surface area contributed by atoms with Crippen molar-refractivity contribution in [2.75, 3.05) is 6.54 Å². The molecule has 0 saturated heterocycles. The van der Waals surface area contributed by atoms with Crippen molar-refractivity contribution in [2.24, 2.45) is 5.41 Å². The molecule has 1 heteroatoms. The molecule has 1 heterocycles. The molecule has 0 fully saturated rings. The van der Waals surface area contributed by atoms with Crippen LogP contribution in [-0.2, 0) is 0 Å². The van der Waals surface area contributed by atoms with Crippen LogP contribution in [-0.4, -0.2) is 6.54 Å². The van der Waals surface area contributed by atoms with Crippen LogP contribution in [0.15, 0.2) is 11.3 Å². The van der Waals surface area contributed by atoms with Crippen LogP contribution in [0.5, 0.6) is 0 Å². The predicted octanol–water partition coefficient (Wildman–Crippen LogP) is 3.08. The van der Waals surface area contributed by atoms with Crippen LogP contribution >= 0.6 is 0 Å². The van der Waals surface area contributed by atoms with Crippen LogP contribution in [0.1, 0.15) is 47.0 Å². The second-order valence-corrected chi connectivity index (χ2v) is 4.61. The number of hydrogen-bond donors (Lipinski definition) is 1. The van der Waals surface area contributed by atoms with E-state index < -0.39 is 0 Å². The van der Waals surface area contributed by atoms with Gasteiger partial charge in [-0.25, -0.2) is 0 Å². The number of rotatable bonds is 1. The highest BCUT2D eigenvalue weighted by Gasteiger charge is 2.22. The van der Waals surface area contributed by atoms with Gasteiger partial charge in [-0.3, -0.25) is 0 Å². The van der Waals surface area contributed by atoms with Crippen LogP contribution in [0.3, 0.4) is 0 Å². The van der Waals surface area contributed by atoms with E-state index in [1.807, 2.05) is 0 Å². The molecule has 0 saturated carbocycles. The van der Waals surface area contributed by atoms with Gasteiger partial charge in [0.1, 0.15) is 0 Å². The molecule has 0 unspecified atom stereocenters. The Morgan fingerprint density at radius 1 is 1.33 bits per heavy atom. The molecule has 12 heavy (non-hydrogen) atoms. The van der Waals surface area contributed by atoms with Crippen molar-refractivity contribution in [2.45, 2.75) is 47.0 Å². The summed E-state index contributed by atoms with van der Waals surface area (Å²) in [6, 6.07) is 0. The lowest BCUT2D eigenvalue weighted by Crippen LogP contribution is -2.30. The highest BCUT2D eigenvalue weighted by Crippen LogP contribution is 2.31. The minimum atomic E-state index is 0.311. The van der Waals surface area contributed by atoms with Crippen LogP contribution < -0.4 is 5.32 Å². The maximum Gasteiger partial charge on any atom is 0.0153 e. The molecule has 1 N–H and O–H groups in total. The first-order valence-corrected chi connectivity index (χ1v) is 5.02. The molecule has 0 aromatic heterocycles. The van der Waals surface area contributed by atoms with E-state index in [1.165, 1.54) is 25.0 Å². The zero-order chi connectivity index (χ0) is 9.19. The fourth-order valence-corrected chi connectivity index (χ4v) is 1.91. The average Bonchev–Trinajstić information content (AvgIpc) is 2.03. The molecule has 0 radical (unpaired) electrons. The largest absolute Gasteiger partial charge is 0.388 e. The van der Waals surface area contributed by atoms with Crippen molar-refractivity contribution in [3.05, 3.63) is 11.3 Å². The van der Waals surface area contributed by atoms with Gasteiger partial charge in [-0.15, -0.1) is 0 Å². The smallest absolute Gasteiger partial charge is 0.0153 e. The summed E-state index contributed by atoms with van der Waals surface area (Å²) in [7, 11) is 0. The Morgan fingerprint density at radius 2 is 2.00 bits per heavy atom. The van der Waals surface area contributed by atoms with Gasteiger partial charge in [0, 0.05) is 17.7 Å². The van der Waals surface area contributed by atoms with Gasteiger partial charge < -0.3 is 5.32 Å². The molecule has 1 rings (SSSR count). The third-order valence-corrected chi connectivity index (χ3v) is 2.49. The third kappa shape index (κ3) is 2.02. The van der Waals surface area contributed by atoms with E-state index in [-0.39, 0.29) is 0 Å². The Morgan fingerprint density at radius 3 is 2.42 bits per heavy atom. The van der Waals surface area contributed by atoms with Crippen molar-refractivity contribution < 1.29 is 0 Å². The van der Waals surface area contributed by atoms with Gasteiger partial charge in [-0.1, -0.05) is 33.3 Å². The van der Waals surface area contributed by atoms with Crippen molar-refractivity contribution in [1.82, 2.24) is 5.32 Å². The normalized spacial score (nSPS) is 19.3. The first-order chi connectivity index (χ1) is 5.55. The van der Waals surface area contributed by atoms with Crippen LogP contribution in [0.2, 0.25) is 0 Å². The van der Waals surface area contributed by atoms with Crippen LogP contribution in [0.25, 0.3) is 0 Å². The molecule has 1 aliphatic heterocycles. The fourth-order valence-electron chi connectivity index (χ4n) is 1.91. The Kier molecular flexibility index (Phi) is 2.81. The molecule has 0 atom stereocenters. The molecule has 0 aliphatic carbocycles. The summed E-state index contributed by atoms with van der Waals surface area (Å²) in [4.78, 5) is 0. The van der Waals surface area contributed by atoms with Crippen LogP contribution in [0, 0.1) is 5.41 Å². The van der Waals surface area contributed by atoms with Gasteiger partial charge >= 0.3 is 0 Å². The van der Waals surface area contributed by atoms with E-state index in [0.717, 1.165) is 6.54 Å². The molecule has 0 spiro atoms. The highest BCUT2D eigenvalue weighted by atomic mass is 14.9. The van der Waals surface area contributed by atoms with E-state index >= 15 is 0 Å². The quantitative estimate of drug-likeness (QED) is 0.633. The summed E-state index contributed by atoms with van der Waals surface area (Å²) in [5, 5.41) is 3.54. The number of allylic oxidation sites excluding steroid dienone is 2. The molecule has 0 aromatic rings. The molecule has 0 aromatic carbocycles. The first-order valence-electron chi connectivity index (χ1n) is 5.02. The number of hydrogen-bond acceptors (Lipinski definition) is 1. The molecule has 70 valence electrons. The SMILES string of the molecule is CCC1=C(C(C)(C)C)NCCC1. The zero-order valence-corrected chi connectivity index (χ0v) is 8.83. The topological polar surface area (TPSA) is 12.0 Å². The molecule has 1 aliphatic rings. The Labute approximate surface area is 76.2 Å².